The normalized spacial score (nSPS) is 15.9. The fraction of sp³-hybridized carbons (Fsp3) is 0.533. The van der Waals surface area contributed by atoms with Crippen LogP contribution in [0.25, 0.3) is 0 Å². The van der Waals surface area contributed by atoms with Gasteiger partial charge in [-0.25, -0.2) is 4.98 Å². The Kier molecular flexibility index (Phi) is 4.54. The third kappa shape index (κ3) is 3.36. The average molecular weight is 320 g/mol. The van der Waals surface area contributed by atoms with Gasteiger partial charge in [0, 0.05) is 16.6 Å². The van der Waals surface area contributed by atoms with Gasteiger partial charge in [-0.3, -0.25) is 4.79 Å². The van der Waals surface area contributed by atoms with Crippen LogP contribution in [0.2, 0.25) is 0 Å². The first-order valence-corrected chi connectivity index (χ1v) is 8.33. The van der Waals surface area contributed by atoms with E-state index in [2.05, 4.69) is 20.8 Å². The summed E-state index contributed by atoms with van der Waals surface area (Å²) >= 11 is 1.58. The maximum absolute atomic E-state index is 12.1. The molecule has 1 fully saturated rings. The van der Waals surface area contributed by atoms with Crippen molar-refractivity contribution in [1.82, 2.24) is 15.5 Å². The highest BCUT2D eigenvalue weighted by molar-refractivity contribution is 7.15. The molecule has 22 heavy (non-hydrogen) atoms. The van der Waals surface area contributed by atoms with E-state index in [1.807, 2.05) is 20.0 Å². The van der Waals surface area contributed by atoms with Crippen LogP contribution in [0.1, 0.15) is 40.7 Å². The van der Waals surface area contributed by atoms with Gasteiger partial charge in [-0.2, -0.15) is 0 Å². The van der Waals surface area contributed by atoms with Gasteiger partial charge in [0.2, 0.25) is 5.91 Å². The second-order valence-electron chi connectivity index (χ2n) is 5.62. The minimum atomic E-state index is -0.0828. The molecule has 2 aromatic heterocycles. The molecule has 0 bridgehead atoms. The number of aryl methyl sites for hydroxylation is 2. The maximum Gasteiger partial charge on any atom is 0.230 e. The van der Waals surface area contributed by atoms with E-state index in [9.17, 15) is 4.79 Å². The molecule has 2 N–H and O–H groups in total. The molecule has 6 nitrogen and oxygen atoms in total. The smallest absolute Gasteiger partial charge is 0.230 e. The topological polar surface area (TPSA) is 80.1 Å². The molecule has 0 unspecified atom stereocenters. The van der Waals surface area contributed by atoms with Crippen LogP contribution in [0.3, 0.4) is 0 Å². The fourth-order valence-electron chi connectivity index (χ4n) is 2.72. The lowest BCUT2D eigenvalue weighted by Crippen LogP contribution is -2.26. The van der Waals surface area contributed by atoms with Crippen LogP contribution < -0.4 is 10.6 Å². The molecule has 1 aliphatic rings. The monoisotopic (exact) mass is 320 g/mol. The van der Waals surface area contributed by atoms with E-state index >= 15 is 0 Å². The van der Waals surface area contributed by atoms with E-state index in [0.717, 1.165) is 37.2 Å². The zero-order valence-electron chi connectivity index (χ0n) is 12.8. The Balaban J connectivity index is 1.61. The van der Waals surface area contributed by atoms with E-state index in [0.29, 0.717) is 16.8 Å². The number of thiazole rings is 1. The number of hydrogen-bond donors (Lipinski definition) is 2. The summed E-state index contributed by atoms with van der Waals surface area (Å²) < 4.78 is 5.08. The van der Waals surface area contributed by atoms with E-state index in [1.54, 1.807) is 11.3 Å². The van der Waals surface area contributed by atoms with Crippen molar-refractivity contribution < 1.29 is 9.32 Å². The highest BCUT2D eigenvalue weighted by Crippen LogP contribution is 2.31. The van der Waals surface area contributed by atoms with Crippen LogP contribution in [0.4, 0.5) is 5.13 Å². The quantitative estimate of drug-likeness (QED) is 0.904. The van der Waals surface area contributed by atoms with Gasteiger partial charge in [0.1, 0.15) is 5.76 Å². The molecule has 1 saturated heterocycles. The third-order valence-corrected chi connectivity index (χ3v) is 5.11. The Bertz CT molecular complexity index is 639. The molecule has 1 aliphatic heterocycles. The lowest BCUT2D eigenvalue weighted by molar-refractivity contribution is -0.115. The minimum Gasteiger partial charge on any atom is -0.361 e. The fourth-order valence-corrected chi connectivity index (χ4v) is 3.72. The summed E-state index contributed by atoms with van der Waals surface area (Å²) in [7, 11) is 0. The molecule has 0 aliphatic carbocycles. The van der Waals surface area contributed by atoms with E-state index < -0.39 is 0 Å². The molecule has 118 valence electrons. The van der Waals surface area contributed by atoms with E-state index in [4.69, 9.17) is 4.52 Å². The summed E-state index contributed by atoms with van der Waals surface area (Å²) in [5.74, 6) is 1.18. The molecular weight excluding hydrogens is 300 g/mol. The minimum absolute atomic E-state index is 0.0828. The second kappa shape index (κ2) is 6.58. The van der Waals surface area contributed by atoms with Crippen molar-refractivity contribution in [2.75, 3.05) is 18.4 Å². The molecule has 7 heteroatoms. The Labute approximate surface area is 133 Å². The van der Waals surface area contributed by atoms with Crippen LogP contribution in [0, 0.1) is 13.8 Å². The van der Waals surface area contributed by atoms with Gasteiger partial charge in [-0.05, 0) is 45.7 Å². The Morgan fingerprint density at radius 3 is 2.91 bits per heavy atom. The van der Waals surface area contributed by atoms with Crippen LogP contribution in [0.5, 0.6) is 0 Å². The van der Waals surface area contributed by atoms with Crippen molar-refractivity contribution in [1.29, 1.82) is 0 Å². The zero-order valence-corrected chi connectivity index (χ0v) is 13.6. The molecule has 0 spiro atoms. The summed E-state index contributed by atoms with van der Waals surface area (Å²) in [4.78, 5) is 17.7. The Hall–Kier alpha value is -1.73. The van der Waals surface area contributed by atoms with Gasteiger partial charge in [0.05, 0.1) is 12.1 Å². The summed E-state index contributed by atoms with van der Waals surface area (Å²) in [5.41, 5.74) is 1.62. The molecule has 2 aromatic rings. The van der Waals surface area contributed by atoms with Gasteiger partial charge in [0.15, 0.2) is 5.13 Å². The van der Waals surface area contributed by atoms with Crippen molar-refractivity contribution in [3.63, 3.8) is 0 Å². The van der Waals surface area contributed by atoms with Gasteiger partial charge >= 0.3 is 0 Å². The number of aromatic nitrogens is 2. The molecule has 3 heterocycles. The van der Waals surface area contributed by atoms with Crippen molar-refractivity contribution in [3.8, 4) is 0 Å². The van der Waals surface area contributed by atoms with Crippen molar-refractivity contribution in [3.05, 3.63) is 28.1 Å². The van der Waals surface area contributed by atoms with Crippen molar-refractivity contribution >= 4 is 22.4 Å². The molecule has 1 amide bonds. The Morgan fingerprint density at radius 1 is 1.45 bits per heavy atom. The SMILES string of the molecule is Cc1noc(C)c1CC(=O)Nc1ncc(C2CCNCC2)s1. The van der Waals surface area contributed by atoms with E-state index in [-0.39, 0.29) is 12.3 Å². The largest absolute Gasteiger partial charge is 0.361 e. The molecule has 3 rings (SSSR count). The first-order valence-electron chi connectivity index (χ1n) is 7.51. The lowest BCUT2D eigenvalue weighted by atomic mass is 9.97. The van der Waals surface area contributed by atoms with Crippen LogP contribution >= 0.6 is 11.3 Å². The van der Waals surface area contributed by atoms with Crippen molar-refractivity contribution in [2.45, 2.75) is 39.0 Å². The third-order valence-electron chi connectivity index (χ3n) is 4.03. The number of piperidine rings is 1. The number of rotatable bonds is 4. The average Bonchev–Trinajstić information content (AvgIpc) is 3.10. The van der Waals surface area contributed by atoms with Crippen LogP contribution in [-0.4, -0.2) is 29.1 Å². The molecular formula is C15H20N4O2S. The van der Waals surface area contributed by atoms with Gasteiger partial charge < -0.3 is 15.2 Å². The number of nitrogens with one attached hydrogen (secondary N) is 2. The first kappa shape index (κ1) is 15.2. The second-order valence-corrected chi connectivity index (χ2v) is 6.68. The Morgan fingerprint density at radius 2 is 2.23 bits per heavy atom. The molecule has 0 saturated carbocycles. The van der Waals surface area contributed by atoms with Gasteiger partial charge in [0.25, 0.3) is 0 Å². The number of amides is 1. The molecule has 0 aromatic carbocycles. The predicted octanol–water partition coefficient (Wildman–Crippen LogP) is 2.40. The summed E-state index contributed by atoms with van der Waals surface area (Å²) in [6, 6.07) is 0. The number of anilines is 1. The standard InChI is InChI=1S/C15H20N4O2S/c1-9-12(10(2)21-19-9)7-14(20)18-15-17-8-13(22-15)11-3-5-16-6-4-11/h8,11,16H,3-7H2,1-2H3,(H,17,18,20). The van der Waals surface area contributed by atoms with Gasteiger partial charge in [-0.15, -0.1) is 11.3 Å². The molecule has 0 radical (unpaired) electrons. The number of carbonyl (C=O) groups is 1. The van der Waals surface area contributed by atoms with Crippen LogP contribution in [0.15, 0.2) is 10.7 Å². The summed E-state index contributed by atoms with van der Waals surface area (Å²) in [6.07, 6.45) is 4.43. The van der Waals surface area contributed by atoms with Crippen LogP contribution in [-0.2, 0) is 11.2 Å². The lowest BCUT2D eigenvalue weighted by Gasteiger charge is -2.20. The van der Waals surface area contributed by atoms with E-state index in [1.165, 1.54) is 4.88 Å². The van der Waals surface area contributed by atoms with Crippen molar-refractivity contribution in [2.24, 2.45) is 0 Å². The zero-order chi connectivity index (χ0) is 15.5. The molecule has 0 atom stereocenters. The summed E-state index contributed by atoms with van der Waals surface area (Å²) in [5, 5.41) is 10.8. The highest BCUT2D eigenvalue weighted by Gasteiger charge is 2.19. The number of nitrogens with zero attached hydrogens (tertiary/aromatic N) is 2. The summed E-state index contributed by atoms with van der Waals surface area (Å²) in [6.45, 7) is 5.77. The predicted molar refractivity (Wildman–Crippen MR) is 85.3 cm³/mol. The number of carbonyl (C=O) groups excluding carboxylic acids is 1. The maximum atomic E-state index is 12.1. The van der Waals surface area contributed by atoms with Gasteiger partial charge in [-0.1, -0.05) is 5.16 Å². The number of hydrogen-bond acceptors (Lipinski definition) is 6. The highest BCUT2D eigenvalue weighted by atomic mass is 32.1. The first-order chi connectivity index (χ1) is 10.6.